The van der Waals surface area contributed by atoms with Crippen molar-refractivity contribution in [3.05, 3.63) is 17.5 Å². The molecule has 0 saturated heterocycles. The Balaban J connectivity index is 2.00. The van der Waals surface area contributed by atoms with E-state index in [1.54, 1.807) is 11.3 Å². The van der Waals surface area contributed by atoms with E-state index in [0.717, 1.165) is 27.1 Å². The summed E-state index contributed by atoms with van der Waals surface area (Å²) >= 11 is 1.55. The Morgan fingerprint density at radius 3 is 2.93 bits per heavy atom. The molecular weight excluding hydrogens is 208 g/mol. The van der Waals surface area contributed by atoms with Crippen LogP contribution in [0.3, 0.4) is 0 Å². The highest BCUT2D eigenvalue weighted by atomic mass is 32.1. The molecule has 4 nitrogen and oxygen atoms in total. The predicted molar refractivity (Wildman–Crippen MR) is 60.8 cm³/mol. The van der Waals surface area contributed by atoms with E-state index in [0.29, 0.717) is 5.92 Å². The maximum absolute atomic E-state index is 5.75. The third-order valence-corrected chi connectivity index (χ3v) is 3.67. The number of aromatic nitrogens is 3. The summed E-state index contributed by atoms with van der Waals surface area (Å²) < 4.78 is 0. The molecule has 2 aromatic rings. The van der Waals surface area contributed by atoms with Crippen molar-refractivity contribution in [3.63, 3.8) is 0 Å². The van der Waals surface area contributed by atoms with Gasteiger partial charge in [0.25, 0.3) is 0 Å². The first kappa shape index (κ1) is 8.91. The van der Waals surface area contributed by atoms with Crippen molar-refractivity contribution in [1.29, 1.82) is 0 Å². The van der Waals surface area contributed by atoms with Gasteiger partial charge in [0.1, 0.15) is 5.82 Å². The fraction of sp³-hybridized carbons (Fsp3) is 0.400. The van der Waals surface area contributed by atoms with Crippen molar-refractivity contribution in [2.45, 2.75) is 25.7 Å². The number of aromatic amines is 1. The van der Waals surface area contributed by atoms with E-state index in [1.807, 2.05) is 13.0 Å². The Kier molecular flexibility index (Phi) is 1.82. The molecule has 2 heterocycles. The van der Waals surface area contributed by atoms with E-state index >= 15 is 0 Å². The molecule has 1 fully saturated rings. The second-order valence-corrected chi connectivity index (χ2v) is 5.06. The van der Waals surface area contributed by atoms with Crippen LogP contribution in [0.2, 0.25) is 0 Å². The van der Waals surface area contributed by atoms with Gasteiger partial charge in [-0.1, -0.05) is 0 Å². The number of nitrogen functional groups attached to an aromatic ring is 1. The van der Waals surface area contributed by atoms with Crippen LogP contribution in [0.5, 0.6) is 0 Å². The molecule has 3 N–H and O–H groups in total. The number of H-pyrrole nitrogens is 1. The van der Waals surface area contributed by atoms with Crippen molar-refractivity contribution in [2.24, 2.45) is 0 Å². The zero-order valence-electron chi connectivity index (χ0n) is 8.45. The zero-order valence-corrected chi connectivity index (χ0v) is 9.27. The van der Waals surface area contributed by atoms with Gasteiger partial charge >= 0.3 is 0 Å². The standard InChI is InChI=1S/C10H12N4S/c1-5-4-7(11)15-8(5)10-12-9(13-14-10)6-2-3-6/h4,6H,2-3,11H2,1H3,(H,12,13,14). The van der Waals surface area contributed by atoms with Crippen molar-refractivity contribution in [1.82, 2.24) is 15.2 Å². The molecule has 0 bridgehead atoms. The van der Waals surface area contributed by atoms with Gasteiger partial charge in [0, 0.05) is 5.92 Å². The highest BCUT2D eigenvalue weighted by Crippen LogP contribution is 2.39. The van der Waals surface area contributed by atoms with Crippen LogP contribution in [-0.2, 0) is 0 Å². The molecule has 2 aromatic heterocycles. The number of nitrogens with one attached hydrogen (secondary N) is 1. The normalized spacial score (nSPS) is 15.8. The lowest BCUT2D eigenvalue weighted by Gasteiger charge is -1.89. The fourth-order valence-corrected chi connectivity index (χ4v) is 2.52. The largest absolute Gasteiger partial charge is 0.391 e. The third kappa shape index (κ3) is 1.52. The first-order chi connectivity index (χ1) is 7.24. The van der Waals surface area contributed by atoms with Crippen LogP contribution in [0.15, 0.2) is 6.07 Å². The summed E-state index contributed by atoms with van der Waals surface area (Å²) in [7, 11) is 0. The number of thiophene rings is 1. The van der Waals surface area contributed by atoms with E-state index in [1.165, 1.54) is 12.8 Å². The molecule has 1 aliphatic rings. The molecular formula is C10H12N4S. The quantitative estimate of drug-likeness (QED) is 0.816. The van der Waals surface area contributed by atoms with Crippen molar-refractivity contribution < 1.29 is 0 Å². The summed E-state index contributed by atoms with van der Waals surface area (Å²) in [5.74, 6) is 2.43. The predicted octanol–water partition coefficient (Wildman–Crippen LogP) is 2.30. The lowest BCUT2D eigenvalue weighted by molar-refractivity contribution is 0.935. The number of hydrogen-bond acceptors (Lipinski definition) is 4. The summed E-state index contributed by atoms with van der Waals surface area (Å²) in [5, 5.41) is 8.07. The first-order valence-corrected chi connectivity index (χ1v) is 5.84. The molecule has 0 spiro atoms. The summed E-state index contributed by atoms with van der Waals surface area (Å²) in [5.41, 5.74) is 6.90. The van der Waals surface area contributed by atoms with E-state index < -0.39 is 0 Å². The minimum absolute atomic E-state index is 0.615. The summed E-state index contributed by atoms with van der Waals surface area (Å²) in [6.45, 7) is 2.04. The Morgan fingerprint density at radius 2 is 2.33 bits per heavy atom. The first-order valence-electron chi connectivity index (χ1n) is 5.02. The van der Waals surface area contributed by atoms with Gasteiger partial charge in [-0.05, 0) is 31.4 Å². The average Bonchev–Trinajstić information content (AvgIpc) is 2.83. The number of aryl methyl sites for hydroxylation is 1. The Hall–Kier alpha value is -1.36. The second-order valence-electron chi connectivity index (χ2n) is 3.98. The van der Waals surface area contributed by atoms with E-state index in [2.05, 4.69) is 15.2 Å². The van der Waals surface area contributed by atoms with Crippen molar-refractivity contribution in [3.8, 4) is 10.7 Å². The van der Waals surface area contributed by atoms with Gasteiger partial charge in [-0.3, -0.25) is 5.10 Å². The monoisotopic (exact) mass is 220 g/mol. The SMILES string of the molecule is Cc1cc(N)sc1-c1n[nH]c(C2CC2)n1. The minimum Gasteiger partial charge on any atom is -0.391 e. The Bertz CT molecular complexity index is 495. The van der Waals surface area contributed by atoms with Crippen LogP contribution >= 0.6 is 11.3 Å². The van der Waals surface area contributed by atoms with Crippen LogP contribution in [0, 0.1) is 6.92 Å². The smallest absolute Gasteiger partial charge is 0.191 e. The highest BCUT2D eigenvalue weighted by Gasteiger charge is 2.27. The summed E-state index contributed by atoms with van der Waals surface area (Å²) in [4.78, 5) is 5.58. The van der Waals surface area contributed by atoms with Crippen LogP contribution in [0.25, 0.3) is 10.7 Å². The molecule has 0 radical (unpaired) electrons. The molecule has 0 unspecified atom stereocenters. The molecule has 1 saturated carbocycles. The van der Waals surface area contributed by atoms with Gasteiger partial charge in [-0.2, -0.15) is 5.10 Å². The van der Waals surface area contributed by atoms with Crippen LogP contribution < -0.4 is 5.73 Å². The molecule has 0 atom stereocenters. The van der Waals surface area contributed by atoms with E-state index in [4.69, 9.17) is 5.73 Å². The maximum atomic E-state index is 5.75. The summed E-state index contributed by atoms with van der Waals surface area (Å²) in [6.07, 6.45) is 2.47. The number of nitrogens with zero attached hydrogens (tertiary/aromatic N) is 2. The molecule has 3 rings (SSSR count). The van der Waals surface area contributed by atoms with E-state index in [9.17, 15) is 0 Å². The van der Waals surface area contributed by atoms with Crippen LogP contribution in [0.4, 0.5) is 5.00 Å². The number of anilines is 1. The zero-order chi connectivity index (χ0) is 10.4. The van der Waals surface area contributed by atoms with Crippen molar-refractivity contribution in [2.75, 3.05) is 5.73 Å². The van der Waals surface area contributed by atoms with Gasteiger partial charge in [-0.15, -0.1) is 11.3 Å². The maximum Gasteiger partial charge on any atom is 0.191 e. The topological polar surface area (TPSA) is 67.6 Å². The van der Waals surface area contributed by atoms with Gasteiger partial charge in [0.2, 0.25) is 0 Å². The molecule has 5 heteroatoms. The molecule has 0 amide bonds. The fourth-order valence-electron chi connectivity index (χ4n) is 1.64. The summed E-state index contributed by atoms with van der Waals surface area (Å²) in [6, 6.07) is 1.97. The lowest BCUT2D eigenvalue weighted by atomic mass is 10.3. The van der Waals surface area contributed by atoms with Crippen LogP contribution in [0.1, 0.15) is 30.1 Å². The average molecular weight is 220 g/mol. The van der Waals surface area contributed by atoms with Gasteiger partial charge < -0.3 is 5.73 Å². The second kappa shape index (κ2) is 3.06. The Labute approximate surface area is 91.5 Å². The molecule has 15 heavy (non-hydrogen) atoms. The van der Waals surface area contributed by atoms with Gasteiger partial charge in [0.15, 0.2) is 5.82 Å². The Morgan fingerprint density at radius 1 is 1.53 bits per heavy atom. The van der Waals surface area contributed by atoms with Crippen LogP contribution in [-0.4, -0.2) is 15.2 Å². The highest BCUT2D eigenvalue weighted by molar-refractivity contribution is 7.19. The van der Waals surface area contributed by atoms with E-state index in [-0.39, 0.29) is 0 Å². The number of hydrogen-bond donors (Lipinski definition) is 2. The van der Waals surface area contributed by atoms with Gasteiger partial charge in [0.05, 0.1) is 9.88 Å². The van der Waals surface area contributed by atoms with Crippen molar-refractivity contribution >= 4 is 16.3 Å². The number of rotatable bonds is 2. The lowest BCUT2D eigenvalue weighted by Crippen LogP contribution is -1.81. The number of nitrogens with two attached hydrogens (primary N) is 1. The molecule has 1 aliphatic carbocycles. The molecule has 0 aliphatic heterocycles. The minimum atomic E-state index is 0.615. The third-order valence-electron chi connectivity index (χ3n) is 2.61. The molecule has 0 aromatic carbocycles. The molecule has 78 valence electrons. The van der Waals surface area contributed by atoms with Gasteiger partial charge in [-0.25, -0.2) is 4.98 Å².